The number of hydrogen-bond acceptors (Lipinski definition) is 5. The standard InChI is InChI=1S/C24H29FN4O2S2/c1-29-23(26-27-24(29)32-17-19-10-6-3-7-11-19)22(16-18-8-4-2-5-9-18)28-33(30,31)21-14-12-20(25)13-15-21/h2,4-5,8-9,12-15,19,22,28H,3,6-7,10-11,16-17H2,1H3/t22-/m0/s1. The normalized spacial score (nSPS) is 16.1. The molecule has 4 rings (SSSR count). The first-order valence-corrected chi connectivity index (χ1v) is 13.7. The summed E-state index contributed by atoms with van der Waals surface area (Å²) < 4.78 is 44.1. The molecular formula is C24H29FN4O2S2. The Morgan fingerprint density at radius 2 is 1.76 bits per heavy atom. The number of nitrogens with one attached hydrogen (secondary N) is 1. The first-order chi connectivity index (χ1) is 15.9. The molecule has 1 heterocycles. The highest BCUT2D eigenvalue weighted by Gasteiger charge is 2.27. The summed E-state index contributed by atoms with van der Waals surface area (Å²) in [6.45, 7) is 0. The lowest BCUT2D eigenvalue weighted by atomic mass is 9.91. The van der Waals surface area contributed by atoms with Crippen LogP contribution in [0, 0.1) is 11.7 Å². The number of nitrogens with zero attached hydrogens (tertiary/aromatic N) is 3. The molecule has 33 heavy (non-hydrogen) atoms. The van der Waals surface area contributed by atoms with E-state index in [0.29, 0.717) is 18.2 Å². The van der Waals surface area contributed by atoms with Crippen molar-refractivity contribution in [2.45, 2.75) is 54.6 Å². The molecule has 0 saturated heterocycles. The Labute approximate surface area is 199 Å². The van der Waals surface area contributed by atoms with E-state index in [9.17, 15) is 12.8 Å². The van der Waals surface area contributed by atoms with E-state index in [1.165, 1.54) is 44.2 Å². The summed E-state index contributed by atoms with van der Waals surface area (Å²) >= 11 is 1.68. The number of rotatable bonds is 9. The van der Waals surface area contributed by atoms with Gasteiger partial charge in [0.15, 0.2) is 11.0 Å². The monoisotopic (exact) mass is 488 g/mol. The number of benzene rings is 2. The minimum Gasteiger partial charge on any atom is -0.308 e. The summed E-state index contributed by atoms with van der Waals surface area (Å²) in [5.74, 6) is 1.76. The second-order valence-corrected chi connectivity index (χ2v) is 11.2. The third kappa shape index (κ3) is 6.22. The molecule has 1 saturated carbocycles. The molecule has 1 atom stereocenters. The predicted octanol–water partition coefficient (Wildman–Crippen LogP) is 4.89. The molecule has 2 aromatic carbocycles. The van der Waals surface area contributed by atoms with E-state index in [0.717, 1.165) is 28.6 Å². The van der Waals surface area contributed by atoms with Gasteiger partial charge in [-0.05, 0) is 55.0 Å². The molecule has 1 fully saturated rings. The highest BCUT2D eigenvalue weighted by molar-refractivity contribution is 7.99. The van der Waals surface area contributed by atoms with Crippen LogP contribution in [0.2, 0.25) is 0 Å². The van der Waals surface area contributed by atoms with E-state index in [-0.39, 0.29) is 4.90 Å². The van der Waals surface area contributed by atoms with Gasteiger partial charge < -0.3 is 4.57 Å². The van der Waals surface area contributed by atoms with Crippen molar-refractivity contribution >= 4 is 21.8 Å². The molecule has 0 spiro atoms. The molecule has 0 aliphatic heterocycles. The molecule has 1 aliphatic carbocycles. The van der Waals surface area contributed by atoms with Crippen LogP contribution in [0.5, 0.6) is 0 Å². The van der Waals surface area contributed by atoms with Gasteiger partial charge in [-0.2, -0.15) is 0 Å². The van der Waals surface area contributed by atoms with E-state index in [2.05, 4.69) is 14.9 Å². The maximum Gasteiger partial charge on any atom is 0.241 e. The molecule has 0 radical (unpaired) electrons. The van der Waals surface area contributed by atoms with Crippen molar-refractivity contribution in [3.8, 4) is 0 Å². The molecular weight excluding hydrogens is 459 g/mol. The van der Waals surface area contributed by atoms with E-state index in [1.807, 2.05) is 41.9 Å². The number of aromatic nitrogens is 3. The summed E-state index contributed by atoms with van der Waals surface area (Å²) in [5, 5.41) is 9.53. The number of thioether (sulfide) groups is 1. The van der Waals surface area contributed by atoms with Crippen molar-refractivity contribution in [2.24, 2.45) is 13.0 Å². The zero-order valence-corrected chi connectivity index (χ0v) is 20.3. The largest absolute Gasteiger partial charge is 0.308 e. The van der Waals surface area contributed by atoms with Crippen molar-refractivity contribution in [3.63, 3.8) is 0 Å². The molecule has 176 valence electrons. The van der Waals surface area contributed by atoms with Crippen molar-refractivity contribution in [2.75, 3.05) is 5.75 Å². The molecule has 9 heteroatoms. The van der Waals surface area contributed by atoms with Gasteiger partial charge in [0.25, 0.3) is 0 Å². The predicted molar refractivity (Wildman–Crippen MR) is 128 cm³/mol. The van der Waals surface area contributed by atoms with E-state index in [4.69, 9.17) is 0 Å². The lowest BCUT2D eigenvalue weighted by Crippen LogP contribution is -2.32. The fraction of sp³-hybridized carbons (Fsp3) is 0.417. The smallest absolute Gasteiger partial charge is 0.241 e. The average molecular weight is 489 g/mol. The molecule has 1 aromatic heterocycles. The van der Waals surface area contributed by atoms with Crippen LogP contribution in [0.3, 0.4) is 0 Å². The highest BCUT2D eigenvalue weighted by atomic mass is 32.2. The second kappa shape index (κ2) is 10.8. The Morgan fingerprint density at radius 1 is 1.06 bits per heavy atom. The van der Waals surface area contributed by atoms with Crippen LogP contribution in [0.25, 0.3) is 0 Å². The van der Waals surface area contributed by atoms with Crippen LogP contribution in [0.4, 0.5) is 4.39 Å². The molecule has 3 aromatic rings. The van der Waals surface area contributed by atoms with Crippen LogP contribution in [-0.2, 0) is 23.5 Å². The average Bonchev–Trinajstić information content (AvgIpc) is 3.19. The third-order valence-electron chi connectivity index (χ3n) is 6.06. The van der Waals surface area contributed by atoms with Crippen molar-refractivity contribution in [3.05, 3.63) is 71.8 Å². The van der Waals surface area contributed by atoms with Gasteiger partial charge in [-0.15, -0.1) is 10.2 Å². The number of hydrogen-bond donors (Lipinski definition) is 1. The first-order valence-electron chi connectivity index (χ1n) is 11.3. The van der Waals surface area contributed by atoms with Gasteiger partial charge in [-0.3, -0.25) is 0 Å². The fourth-order valence-corrected chi connectivity index (χ4v) is 6.50. The van der Waals surface area contributed by atoms with Crippen molar-refractivity contribution in [1.29, 1.82) is 0 Å². The zero-order chi connectivity index (χ0) is 23.3. The number of halogens is 1. The van der Waals surface area contributed by atoms with Gasteiger partial charge in [-0.1, -0.05) is 61.4 Å². The second-order valence-electron chi connectivity index (χ2n) is 8.53. The lowest BCUT2D eigenvalue weighted by Gasteiger charge is -2.21. The van der Waals surface area contributed by atoms with E-state index in [1.54, 1.807) is 11.8 Å². The summed E-state index contributed by atoms with van der Waals surface area (Å²) in [5.41, 5.74) is 0.976. The molecule has 1 N–H and O–H groups in total. The van der Waals surface area contributed by atoms with E-state index >= 15 is 0 Å². The quantitative estimate of drug-likeness (QED) is 0.434. The summed E-state index contributed by atoms with van der Waals surface area (Å²) in [4.78, 5) is 0.0102. The SMILES string of the molecule is Cn1c(SCC2CCCCC2)nnc1[C@H](Cc1ccccc1)NS(=O)(=O)c1ccc(F)cc1. The van der Waals surface area contributed by atoms with Gasteiger partial charge >= 0.3 is 0 Å². The fourth-order valence-electron chi connectivity index (χ4n) is 4.21. The Kier molecular flexibility index (Phi) is 7.82. The Balaban J connectivity index is 1.57. The van der Waals surface area contributed by atoms with Gasteiger partial charge in [0, 0.05) is 12.8 Å². The molecule has 0 amide bonds. The molecule has 0 bridgehead atoms. The van der Waals surface area contributed by atoms with Gasteiger partial charge in [0.05, 0.1) is 10.9 Å². The first kappa shape index (κ1) is 23.9. The molecule has 6 nitrogen and oxygen atoms in total. The van der Waals surface area contributed by atoms with Gasteiger partial charge in [0.1, 0.15) is 5.82 Å². The van der Waals surface area contributed by atoms with E-state index < -0.39 is 21.9 Å². The third-order valence-corrected chi connectivity index (χ3v) is 8.80. The van der Waals surface area contributed by atoms with Crippen LogP contribution in [-0.4, -0.2) is 28.9 Å². The molecule has 0 unspecified atom stereocenters. The Hall–Kier alpha value is -2.23. The van der Waals surface area contributed by atoms with Crippen LogP contribution in [0.15, 0.2) is 64.6 Å². The maximum atomic E-state index is 13.3. The number of sulfonamides is 1. The Bertz CT molecular complexity index is 1140. The highest BCUT2D eigenvalue weighted by Crippen LogP contribution is 2.30. The van der Waals surface area contributed by atoms with Crippen molar-refractivity contribution in [1.82, 2.24) is 19.5 Å². The lowest BCUT2D eigenvalue weighted by molar-refractivity contribution is 0.390. The van der Waals surface area contributed by atoms with Crippen LogP contribution in [0.1, 0.15) is 49.5 Å². The summed E-state index contributed by atoms with van der Waals surface area (Å²) in [6.07, 6.45) is 6.84. The summed E-state index contributed by atoms with van der Waals surface area (Å²) in [7, 11) is -2.01. The summed E-state index contributed by atoms with van der Waals surface area (Å²) in [6, 6.07) is 13.9. The molecule has 1 aliphatic rings. The minimum atomic E-state index is -3.89. The maximum absolute atomic E-state index is 13.3. The van der Waals surface area contributed by atoms with Crippen LogP contribution < -0.4 is 4.72 Å². The van der Waals surface area contributed by atoms with Crippen LogP contribution >= 0.6 is 11.8 Å². The zero-order valence-electron chi connectivity index (χ0n) is 18.7. The Morgan fingerprint density at radius 3 is 2.45 bits per heavy atom. The van der Waals surface area contributed by atoms with Gasteiger partial charge in [-0.25, -0.2) is 17.5 Å². The van der Waals surface area contributed by atoms with Crippen molar-refractivity contribution < 1.29 is 12.8 Å². The minimum absolute atomic E-state index is 0.0102. The van der Waals surface area contributed by atoms with Gasteiger partial charge in [0.2, 0.25) is 10.0 Å². The topological polar surface area (TPSA) is 76.9 Å².